The first-order chi connectivity index (χ1) is 12.2. The highest BCUT2D eigenvalue weighted by Gasteiger charge is 2.56. The quantitative estimate of drug-likeness (QED) is 0.822. The van der Waals surface area contributed by atoms with Crippen molar-refractivity contribution in [2.24, 2.45) is 11.8 Å². The molecule has 0 spiro atoms. The number of methoxy groups -OCH3 is 1. The van der Waals surface area contributed by atoms with Crippen LogP contribution in [0.1, 0.15) is 25.3 Å². The lowest BCUT2D eigenvalue weighted by atomic mass is 9.82. The van der Waals surface area contributed by atoms with Gasteiger partial charge in [0.25, 0.3) is 0 Å². The Morgan fingerprint density at radius 3 is 2.58 bits per heavy atom. The summed E-state index contributed by atoms with van der Waals surface area (Å²) in [6.45, 7) is 5.08. The Bertz CT molecular complexity index is 639. The summed E-state index contributed by atoms with van der Waals surface area (Å²) >= 11 is 0. The maximum absolute atomic E-state index is 12.9. The Morgan fingerprint density at radius 1 is 1.27 bits per heavy atom. The molecule has 3 saturated heterocycles. The van der Waals surface area contributed by atoms with Crippen molar-refractivity contribution in [3.05, 3.63) is 23.8 Å². The number of hydrogen-bond acceptors (Lipinski definition) is 4. The van der Waals surface area contributed by atoms with Gasteiger partial charge in [0, 0.05) is 37.3 Å². The number of fused-ring (bicyclic) bond motifs is 5. The summed E-state index contributed by atoms with van der Waals surface area (Å²) in [7, 11) is 1.63. The molecule has 0 saturated carbocycles. The lowest BCUT2D eigenvalue weighted by Gasteiger charge is -2.25. The van der Waals surface area contributed by atoms with Crippen LogP contribution in [0.4, 0.5) is 4.79 Å². The molecule has 0 aliphatic carbocycles. The third-order valence-corrected chi connectivity index (χ3v) is 6.00. The summed E-state index contributed by atoms with van der Waals surface area (Å²) in [5, 5.41) is 6.60. The second kappa shape index (κ2) is 7.92. The minimum Gasteiger partial charge on any atom is -0.493 e. The van der Waals surface area contributed by atoms with Gasteiger partial charge in [-0.25, -0.2) is 4.79 Å². The predicted octanol–water partition coefficient (Wildman–Crippen LogP) is 2.41. The zero-order valence-electron chi connectivity index (χ0n) is 15.4. The first kappa shape index (κ1) is 19.1. The van der Waals surface area contributed by atoms with Gasteiger partial charge in [-0.1, -0.05) is 12.1 Å². The van der Waals surface area contributed by atoms with E-state index in [9.17, 15) is 4.79 Å². The van der Waals surface area contributed by atoms with Gasteiger partial charge in [0.15, 0.2) is 11.5 Å². The van der Waals surface area contributed by atoms with Crippen molar-refractivity contribution in [3.8, 4) is 11.5 Å². The summed E-state index contributed by atoms with van der Waals surface area (Å²) in [5.74, 6) is 2.70. The molecule has 26 heavy (non-hydrogen) atoms. The highest BCUT2D eigenvalue weighted by atomic mass is 35.5. The lowest BCUT2D eigenvalue weighted by molar-refractivity contribution is 0.184. The molecule has 2 amide bonds. The monoisotopic (exact) mass is 381 g/mol. The van der Waals surface area contributed by atoms with Crippen molar-refractivity contribution < 1.29 is 14.3 Å². The van der Waals surface area contributed by atoms with E-state index in [4.69, 9.17) is 9.47 Å². The molecule has 2 bridgehead atoms. The normalized spacial score (nSPS) is 28.5. The fourth-order valence-corrected chi connectivity index (χ4v) is 5.00. The van der Waals surface area contributed by atoms with Gasteiger partial charge in [0.1, 0.15) is 0 Å². The van der Waals surface area contributed by atoms with E-state index in [1.807, 2.05) is 25.1 Å². The number of ether oxygens (including phenoxy) is 2. The van der Waals surface area contributed by atoms with E-state index in [2.05, 4.69) is 15.5 Å². The third-order valence-electron chi connectivity index (χ3n) is 6.00. The average Bonchev–Trinajstić information content (AvgIpc) is 3.32. The molecule has 3 aliphatic heterocycles. The molecule has 4 atom stereocenters. The van der Waals surface area contributed by atoms with Crippen LogP contribution >= 0.6 is 12.4 Å². The van der Waals surface area contributed by atoms with Crippen LogP contribution in [-0.4, -0.2) is 49.8 Å². The molecule has 0 aromatic heterocycles. The van der Waals surface area contributed by atoms with Gasteiger partial charge in [-0.05, 0) is 37.7 Å². The predicted molar refractivity (Wildman–Crippen MR) is 102 cm³/mol. The second-order valence-corrected chi connectivity index (χ2v) is 7.15. The number of carbonyl (C=O) groups is 1. The van der Waals surface area contributed by atoms with Crippen molar-refractivity contribution >= 4 is 18.4 Å². The van der Waals surface area contributed by atoms with E-state index in [-0.39, 0.29) is 18.4 Å². The molecule has 144 valence electrons. The maximum Gasteiger partial charge on any atom is 0.318 e. The number of hydrogen-bond donors (Lipinski definition) is 2. The maximum atomic E-state index is 12.9. The molecule has 1 aromatic rings. The fraction of sp³-hybridized carbons (Fsp3) is 0.632. The van der Waals surface area contributed by atoms with Crippen molar-refractivity contribution in [1.29, 1.82) is 0 Å². The van der Waals surface area contributed by atoms with E-state index < -0.39 is 0 Å². The summed E-state index contributed by atoms with van der Waals surface area (Å²) in [4.78, 5) is 15.0. The highest BCUT2D eigenvalue weighted by molar-refractivity contribution is 5.85. The topological polar surface area (TPSA) is 62.8 Å². The molecule has 6 nitrogen and oxygen atoms in total. The number of nitrogens with zero attached hydrogens (tertiary/aromatic N) is 1. The highest BCUT2D eigenvalue weighted by Crippen LogP contribution is 2.47. The molecule has 0 unspecified atom stereocenters. The van der Waals surface area contributed by atoms with Crippen molar-refractivity contribution in [2.75, 3.05) is 26.8 Å². The number of amides is 2. The van der Waals surface area contributed by atoms with Crippen LogP contribution < -0.4 is 20.1 Å². The van der Waals surface area contributed by atoms with E-state index in [1.165, 1.54) is 0 Å². The van der Waals surface area contributed by atoms with E-state index in [0.717, 1.165) is 37.2 Å². The molecule has 4 rings (SSSR count). The second-order valence-electron chi connectivity index (χ2n) is 7.15. The molecular weight excluding hydrogens is 354 g/mol. The lowest BCUT2D eigenvalue weighted by Crippen LogP contribution is -2.45. The SMILES string of the molecule is CCOc1c(CNC(=O)N2[C@@H]3CC[C@H]2[C@H]2CNC[C@H]23)cccc1OC.Cl. The fourth-order valence-electron chi connectivity index (χ4n) is 5.00. The minimum atomic E-state index is 0. The molecule has 7 heteroatoms. The first-order valence-corrected chi connectivity index (χ1v) is 9.30. The smallest absolute Gasteiger partial charge is 0.318 e. The van der Waals surface area contributed by atoms with Crippen LogP contribution in [0.15, 0.2) is 18.2 Å². The molecule has 0 radical (unpaired) electrons. The number of benzene rings is 1. The van der Waals surface area contributed by atoms with Gasteiger partial charge < -0.3 is 25.0 Å². The van der Waals surface area contributed by atoms with E-state index in [1.54, 1.807) is 7.11 Å². The molecule has 3 aliphatic rings. The van der Waals surface area contributed by atoms with Crippen molar-refractivity contribution in [2.45, 2.75) is 38.4 Å². The van der Waals surface area contributed by atoms with E-state index in [0.29, 0.717) is 42.8 Å². The van der Waals surface area contributed by atoms with Crippen LogP contribution in [0.5, 0.6) is 11.5 Å². The average molecular weight is 382 g/mol. The zero-order chi connectivity index (χ0) is 17.4. The van der Waals surface area contributed by atoms with Crippen LogP contribution in [-0.2, 0) is 6.54 Å². The van der Waals surface area contributed by atoms with Gasteiger partial charge in [0.05, 0.1) is 13.7 Å². The number of carbonyl (C=O) groups excluding carboxylic acids is 1. The number of urea groups is 1. The minimum absolute atomic E-state index is 0. The van der Waals surface area contributed by atoms with Gasteiger partial charge in [0.2, 0.25) is 0 Å². The van der Waals surface area contributed by atoms with E-state index >= 15 is 0 Å². The number of nitrogens with one attached hydrogen (secondary N) is 2. The van der Waals surface area contributed by atoms with Crippen LogP contribution in [0.3, 0.4) is 0 Å². The van der Waals surface area contributed by atoms with Crippen molar-refractivity contribution in [3.63, 3.8) is 0 Å². The van der Waals surface area contributed by atoms with Crippen LogP contribution in [0.2, 0.25) is 0 Å². The molecule has 2 N–H and O–H groups in total. The zero-order valence-corrected chi connectivity index (χ0v) is 16.2. The molecule has 3 heterocycles. The van der Waals surface area contributed by atoms with Gasteiger partial charge in [-0.2, -0.15) is 0 Å². The standard InChI is InChI=1S/C19H27N3O3.ClH/c1-3-25-18-12(5-4-6-17(18)24-2)9-21-19(23)22-15-7-8-16(22)14-11-20-10-13(14)15;/h4-6,13-16,20H,3,7-11H2,1-2H3,(H,21,23);1H/t13-,14+,15-,16+;. The summed E-state index contributed by atoms with van der Waals surface area (Å²) in [6, 6.07) is 6.66. The Morgan fingerprint density at radius 2 is 1.96 bits per heavy atom. The van der Waals surface area contributed by atoms with Crippen molar-refractivity contribution in [1.82, 2.24) is 15.5 Å². The molecular formula is C19H28ClN3O3. The van der Waals surface area contributed by atoms with Crippen LogP contribution in [0.25, 0.3) is 0 Å². The molecule has 3 fully saturated rings. The Hall–Kier alpha value is -1.66. The van der Waals surface area contributed by atoms with Gasteiger partial charge in [-0.15, -0.1) is 12.4 Å². The Kier molecular flexibility index (Phi) is 5.82. The molecule has 1 aromatic carbocycles. The Labute approximate surface area is 161 Å². The first-order valence-electron chi connectivity index (χ1n) is 9.30. The number of halogens is 1. The summed E-state index contributed by atoms with van der Waals surface area (Å²) < 4.78 is 11.1. The van der Waals surface area contributed by atoms with Gasteiger partial charge >= 0.3 is 6.03 Å². The van der Waals surface area contributed by atoms with Gasteiger partial charge in [-0.3, -0.25) is 0 Å². The third kappa shape index (κ3) is 3.09. The Balaban J connectivity index is 0.00000196. The van der Waals surface area contributed by atoms with Crippen LogP contribution in [0, 0.1) is 11.8 Å². The summed E-state index contributed by atoms with van der Waals surface area (Å²) in [5.41, 5.74) is 0.947. The number of para-hydroxylation sites is 1. The summed E-state index contributed by atoms with van der Waals surface area (Å²) in [6.07, 6.45) is 2.29. The largest absolute Gasteiger partial charge is 0.493 e. The number of rotatable bonds is 5.